The van der Waals surface area contributed by atoms with E-state index in [-0.39, 0.29) is 0 Å². The van der Waals surface area contributed by atoms with Crippen LogP contribution in [0, 0.1) is 11.3 Å². The standard InChI is InChI=1S/C24H25F3N6/c25-24(26,27)18-5-3-4-17(14-18)7-9-31-10-12-32(13-11-31)23-22-21(29-16-30-23)19(15-28)20-6-1-2-8-33(20)22/h3-5,14,16H,1-2,6-13H2. The van der Waals surface area contributed by atoms with Crippen LogP contribution in [0.4, 0.5) is 19.0 Å². The molecule has 33 heavy (non-hydrogen) atoms. The maximum absolute atomic E-state index is 13.0. The third-order valence-corrected chi connectivity index (χ3v) is 6.72. The number of nitriles is 1. The largest absolute Gasteiger partial charge is 0.416 e. The monoisotopic (exact) mass is 454 g/mol. The fourth-order valence-electron chi connectivity index (χ4n) is 5.00. The van der Waals surface area contributed by atoms with Gasteiger partial charge in [-0.15, -0.1) is 0 Å². The highest BCUT2D eigenvalue weighted by molar-refractivity contribution is 5.92. The zero-order chi connectivity index (χ0) is 23.0. The van der Waals surface area contributed by atoms with Crippen LogP contribution in [-0.4, -0.2) is 52.2 Å². The summed E-state index contributed by atoms with van der Waals surface area (Å²) in [6.07, 6.45) is 0.873. The summed E-state index contributed by atoms with van der Waals surface area (Å²) in [5, 5.41) is 9.72. The molecule has 0 unspecified atom stereocenters. The van der Waals surface area contributed by atoms with Gasteiger partial charge in [-0.3, -0.25) is 4.90 Å². The fraction of sp³-hybridized carbons (Fsp3) is 0.458. The number of hydrogen-bond donors (Lipinski definition) is 0. The van der Waals surface area contributed by atoms with Gasteiger partial charge < -0.3 is 9.47 Å². The summed E-state index contributed by atoms with van der Waals surface area (Å²) in [5.74, 6) is 0.877. The van der Waals surface area contributed by atoms with Gasteiger partial charge in [0.15, 0.2) is 5.82 Å². The van der Waals surface area contributed by atoms with Gasteiger partial charge in [0.25, 0.3) is 0 Å². The van der Waals surface area contributed by atoms with Crippen molar-refractivity contribution in [2.45, 2.75) is 38.4 Å². The van der Waals surface area contributed by atoms with Crippen molar-refractivity contribution in [1.82, 2.24) is 19.4 Å². The topological polar surface area (TPSA) is 61.0 Å². The fourth-order valence-corrected chi connectivity index (χ4v) is 5.00. The van der Waals surface area contributed by atoms with Crippen molar-refractivity contribution in [3.8, 4) is 6.07 Å². The van der Waals surface area contributed by atoms with Gasteiger partial charge in [0, 0.05) is 45.0 Å². The molecule has 0 spiro atoms. The van der Waals surface area contributed by atoms with E-state index in [1.54, 1.807) is 12.4 Å². The number of anilines is 1. The molecule has 0 atom stereocenters. The Labute approximate surface area is 190 Å². The van der Waals surface area contributed by atoms with E-state index in [9.17, 15) is 18.4 Å². The van der Waals surface area contributed by atoms with Crippen molar-refractivity contribution in [3.05, 3.63) is 53.0 Å². The summed E-state index contributed by atoms with van der Waals surface area (Å²) in [6, 6.07) is 7.94. The van der Waals surface area contributed by atoms with Crippen LogP contribution in [0.1, 0.15) is 35.2 Å². The molecule has 1 aromatic carbocycles. The molecular formula is C24H25F3N6. The molecule has 1 saturated heterocycles. The van der Waals surface area contributed by atoms with E-state index in [1.807, 2.05) is 0 Å². The van der Waals surface area contributed by atoms with Crippen molar-refractivity contribution in [2.75, 3.05) is 37.6 Å². The Morgan fingerprint density at radius 1 is 1.03 bits per heavy atom. The van der Waals surface area contributed by atoms with E-state index in [2.05, 4.69) is 30.4 Å². The molecule has 0 aliphatic carbocycles. The van der Waals surface area contributed by atoms with Crippen LogP contribution in [0.15, 0.2) is 30.6 Å². The average Bonchev–Trinajstić information content (AvgIpc) is 3.16. The summed E-state index contributed by atoms with van der Waals surface area (Å²) < 4.78 is 41.1. The van der Waals surface area contributed by atoms with Crippen LogP contribution in [-0.2, 0) is 25.6 Å². The minimum atomic E-state index is -4.31. The number of rotatable bonds is 4. The van der Waals surface area contributed by atoms with E-state index in [4.69, 9.17) is 0 Å². The molecule has 5 rings (SSSR count). The Balaban J connectivity index is 1.28. The molecular weight excluding hydrogens is 429 g/mol. The van der Waals surface area contributed by atoms with Crippen molar-refractivity contribution >= 4 is 16.9 Å². The molecule has 0 radical (unpaired) electrons. The number of fused-ring (bicyclic) bond motifs is 3. The predicted molar refractivity (Wildman–Crippen MR) is 119 cm³/mol. The Morgan fingerprint density at radius 2 is 1.85 bits per heavy atom. The van der Waals surface area contributed by atoms with Crippen LogP contribution >= 0.6 is 0 Å². The van der Waals surface area contributed by atoms with E-state index >= 15 is 0 Å². The van der Waals surface area contributed by atoms with Gasteiger partial charge in [0.05, 0.1) is 11.1 Å². The lowest BCUT2D eigenvalue weighted by molar-refractivity contribution is -0.137. The minimum absolute atomic E-state index is 0.583. The molecule has 2 aliphatic rings. The molecule has 0 bridgehead atoms. The van der Waals surface area contributed by atoms with E-state index in [0.29, 0.717) is 24.1 Å². The van der Waals surface area contributed by atoms with Crippen molar-refractivity contribution in [2.24, 2.45) is 0 Å². The van der Waals surface area contributed by atoms with Crippen LogP contribution in [0.3, 0.4) is 0 Å². The molecule has 3 aromatic rings. The number of hydrogen-bond acceptors (Lipinski definition) is 5. The SMILES string of the molecule is N#Cc1c2n(c3c(N4CCN(CCc5cccc(C(F)(F)F)c5)CC4)ncnc13)CCCC2. The maximum atomic E-state index is 13.0. The molecule has 0 N–H and O–H groups in total. The predicted octanol–water partition coefficient (Wildman–Crippen LogP) is 4.02. The highest BCUT2D eigenvalue weighted by Crippen LogP contribution is 2.34. The van der Waals surface area contributed by atoms with Gasteiger partial charge in [-0.1, -0.05) is 18.2 Å². The summed E-state index contributed by atoms with van der Waals surface area (Å²) in [7, 11) is 0. The second-order valence-electron chi connectivity index (χ2n) is 8.71. The van der Waals surface area contributed by atoms with E-state index in [1.165, 1.54) is 12.1 Å². The summed E-state index contributed by atoms with van der Waals surface area (Å²) in [5.41, 5.74) is 3.55. The quantitative estimate of drug-likeness (QED) is 0.596. The number of aromatic nitrogens is 3. The van der Waals surface area contributed by atoms with Gasteiger partial charge in [-0.05, 0) is 37.3 Å². The first kappa shape index (κ1) is 21.7. The zero-order valence-corrected chi connectivity index (χ0v) is 18.3. The number of benzene rings is 1. The maximum Gasteiger partial charge on any atom is 0.416 e. The second-order valence-corrected chi connectivity index (χ2v) is 8.71. The molecule has 6 nitrogen and oxygen atoms in total. The number of halogens is 3. The third kappa shape index (κ3) is 4.15. The Hall–Kier alpha value is -3.12. The van der Waals surface area contributed by atoms with Crippen LogP contribution in [0.2, 0.25) is 0 Å². The smallest absolute Gasteiger partial charge is 0.352 e. The molecule has 0 amide bonds. The first-order chi connectivity index (χ1) is 16.0. The highest BCUT2D eigenvalue weighted by atomic mass is 19.4. The van der Waals surface area contributed by atoms with Gasteiger partial charge in [0.2, 0.25) is 0 Å². The number of piperazine rings is 1. The van der Waals surface area contributed by atoms with Crippen LogP contribution < -0.4 is 4.90 Å². The highest BCUT2D eigenvalue weighted by Gasteiger charge is 2.30. The minimum Gasteiger partial charge on any atom is -0.352 e. The third-order valence-electron chi connectivity index (χ3n) is 6.72. The summed E-state index contributed by atoms with van der Waals surface area (Å²) in [4.78, 5) is 13.6. The van der Waals surface area contributed by atoms with Gasteiger partial charge in [-0.25, -0.2) is 9.97 Å². The van der Waals surface area contributed by atoms with Crippen LogP contribution in [0.5, 0.6) is 0 Å². The molecule has 9 heteroatoms. The lowest BCUT2D eigenvalue weighted by Gasteiger charge is -2.35. The van der Waals surface area contributed by atoms with Crippen molar-refractivity contribution in [1.29, 1.82) is 5.26 Å². The molecule has 2 aliphatic heterocycles. The van der Waals surface area contributed by atoms with Gasteiger partial charge in [-0.2, -0.15) is 18.4 Å². The average molecular weight is 455 g/mol. The Morgan fingerprint density at radius 3 is 2.61 bits per heavy atom. The first-order valence-corrected chi connectivity index (χ1v) is 11.4. The number of aryl methyl sites for hydroxylation is 1. The number of alkyl halides is 3. The van der Waals surface area contributed by atoms with Gasteiger partial charge >= 0.3 is 6.18 Å². The number of nitrogens with zero attached hydrogens (tertiary/aromatic N) is 6. The van der Waals surface area contributed by atoms with Crippen molar-refractivity contribution in [3.63, 3.8) is 0 Å². The summed E-state index contributed by atoms with van der Waals surface area (Å²) >= 11 is 0. The summed E-state index contributed by atoms with van der Waals surface area (Å²) in [6.45, 7) is 4.76. The molecule has 4 heterocycles. The molecule has 2 aromatic heterocycles. The molecule has 1 fully saturated rings. The lowest BCUT2D eigenvalue weighted by atomic mass is 10.1. The Bertz CT molecular complexity index is 1200. The lowest BCUT2D eigenvalue weighted by Crippen LogP contribution is -2.47. The van der Waals surface area contributed by atoms with Gasteiger partial charge in [0.1, 0.15) is 23.4 Å². The second kappa shape index (κ2) is 8.67. The zero-order valence-electron chi connectivity index (χ0n) is 18.3. The van der Waals surface area contributed by atoms with E-state index in [0.717, 1.165) is 80.6 Å². The van der Waals surface area contributed by atoms with E-state index < -0.39 is 11.7 Å². The van der Waals surface area contributed by atoms with Crippen molar-refractivity contribution < 1.29 is 13.2 Å². The Kier molecular flexibility index (Phi) is 5.71. The first-order valence-electron chi connectivity index (χ1n) is 11.4. The molecule has 172 valence electrons. The molecule has 0 saturated carbocycles. The van der Waals surface area contributed by atoms with Crippen LogP contribution in [0.25, 0.3) is 11.0 Å². The normalized spacial score (nSPS) is 17.2.